The molecule has 116 valence electrons. The first-order chi connectivity index (χ1) is 10.7. The van der Waals surface area contributed by atoms with Gasteiger partial charge in [0.15, 0.2) is 0 Å². The van der Waals surface area contributed by atoms with Crippen LogP contribution in [0.25, 0.3) is 6.08 Å². The maximum atomic E-state index is 12.0. The Labute approximate surface area is 131 Å². The minimum absolute atomic E-state index is 0.00299. The van der Waals surface area contributed by atoms with E-state index in [1.165, 1.54) is 0 Å². The number of benzene rings is 1. The second-order valence-electron chi connectivity index (χ2n) is 6.08. The standard InChI is InChI=1S/C19H22O3/c1-3-14-12-15(17-10-11-22-19(20)18(14)17)7-4-13-5-8-16(21-2)9-6-13/h3-9,14-15,17-18H,1,10-12H2,2H3/b7-4+/t14-,15+,17+,18-/m1/s1. The van der Waals surface area contributed by atoms with E-state index < -0.39 is 0 Å². The van der Waals surface area contributed by atoms with E-state index in [1.54, 1.807) is 7.11 Å². The van der Waals surface area contributed by atoms with Crippen LogP contribution in [0.15, 0.2) is 43.0 Å². The molecule has 3 rings (SSSR count). The second kappa shape index (κ2) is 6.39. The molecule has 0 radical (unpaired) electrons. The Morgan fingerprint density at radius 2 is 2.05 bits per heavy atom. The van der Waals surface area contributed by atoms with Crippen LogP contribution in [-0.4, -0.2) is 19.7 Å². The fraction of sp³-hybridized carbons (Fsp3) is 0.421. The van der Waals surface area contributed by atoms with E-state index in [2.05, 4.69) is 18.7 Å². The van der Waals surface area contributed by atoms with Gasteiger partial charge in [-0.15, -0.1) is 6.58 Å². The summed E-state index contributed by atoms with van der Waals surface area (Å²) in [7, 11) is 1.67. The van der Waals surface area contributed by atoms with Crippen molar-refractivity contribution in [3.05, 3.63) is 48.6 Å². The Bertz CT molecular complexity index is 573. The minimum atomic E-state index is -0.0403. The van der Waals surface area contributed by atoms with Crippen molar-refractivity contribution in [2.75, 3.05) is 13.7 Å². The molecule has 4 atom stereocenters. The van der Waals surface area contributed by atoms with Gasteiger partial charge in [-0.2, -0.15) is 0 Å². The number of fused-ring (bicyclic) bond motifs is 1. The minimum Gasteiger partial charge on any atom is -0.497 e. The molecule has 0 unspecified atom stereocenters. The third-order valence-electron chi connectivity index (χ3n) is 4.94. The first-order valence-electron chi connectivity index (χ1n) is 7.84. The van der Waals surface area contributed by atoms with Crippen molar-refractivity contribution in [3.8, 4) is 5.75 Å². The number of allylic oxidation sites excluding steroid dienone is 2. The third kappa shape index (κ3) is 2.80. The SMILES string of the molecule is C=C[C@@H]1C[C@H](/C=C/c2ccc(OC)cc2)[C@@H]2CCOC(=O)[C@@H]21. The molecule has 22 heavy (non-hydrogen) atoms. The van der Waals surface area contributed by atoms with Gasteiger partial charge in [0.1, 0.15) is 5.75 Å². The zero-order valence-electron chi connectivity index (χ0n) is 12.9. The average molecular weight is 298 g/mol. The molecular formula is C19H22O3. The molecule has 2 fully saturated rings. The number of ether oxygens (including phenoxy) is 2. The first kappa shape index (κ1) is 14.9. The molecule has 0 aromatic heterocycles. The highest BCUT2D eigenvalue weighted by molar-refractivity contribution is 5.75. The molecule has 3 heteroatoms. The van der Waals surface area contributed by atoms with Crippen molar-refractivity contribution in [1.82, 2.24) is 0 Å². The molecular weight excluding hydrogens is 276 g/mol. The molecule has 1 aromatic carbocycles. The number of methoxy groups -OCH3 is 1. The fourth-order valence-corrected chi connectivity index (χ4v) is 3.77. The highest BCUT2D eigenvalue weighted by atomic mass is 16.5. The summed E-state index contributed by atoms with van der Waals surface area (Å²) in [6.07, 6.45) is 8.26. The summed E-state index contributed by atoms with van der Waals surface area (Å²) in [5.41, 5.74) is 1.15. The Kier molecular flexibility index (Phi) is 4.32. The van der Waals surface area contributed by atoms with Crippen LogP contribution in [-0.2, 0) is 9.53 Å². The Morgan fingerprint density at radius 3 is 2.73 bits per heavy atom. The van der Waals surface area contributed by atoms with E-state index in [4.69, 9.17) is 9.47 Å². The number of carbonyl (C=O) groups excluding carboxylic acids is 1. The summed E-state index contributed by atoms with van der Waals surface area (Å²) in [6.45, 7) is 4.45. The quantitative estimate of drug-likeness (QED) is 0.628. The summed E-state index contributed by atoms with van der Waals surface area (Å²) in [6, 6.07) is 8.01. The monoisotopic (exact) mass is 298 g/mol. The van der Waals surface area contributed by atoms with Gasteiger partial charge in [0.05, 0.1) is 19.6 Å². The lowest BCUT2D eigenvalue weighted by Gasteiger charge is -2.28. The van der Waals surface area contributed by atoms with Crippen LogP contribution >= 0.6 is 0 Å². The predicted molar refractivity (Wildman–Crippen MR) is 86.4 cm³/mol. The molecule has 1 saturated carbocycles. The Hall–Kier alpha value is -2.03. The molecule has 0 N–H and O–H groups in total. The number of esters is 1. The van der Waals surface area contributed by atoms with E-state index >= 15 is 0 Å². The Morgan fingerprint density at radius 1 is 1.27 bits per heavy atom. The summed E-state index contributed by atoms with van der Waals surface area (Å²) in [5, 5.41) is 0. The highest BCUT2D eigenvalue weighted by Crippen LogP contribution is 2.47. The van der Waals surface area contributed by atoms with Gasteiger partial charge >= 0.3 is 5.97 Å². The fourth-order valence-electron chi connectivity index (χ4n) is 3.77. The maximum Gasteiger partial charge on any atom is 0.309 e. The topological polar surface area (TPSA) is 35.5 Å². The number of hydrogen-bond acceptors (Lipinski definition) is 3. The van der Waals surface area contributed by atoms with Gasteiger partial charge in [-0.1, -0.05) is 30.4 Å². The number of cyclic esters (lactones) is 1. The molecule has 0 bridgehead atoms. The molecule has 0 amide bonds. The van der Waals surface area contributed by atoms with E-state index in [1.807, 2.05) is 30.3 Å². The van der Waals surface area contributed by atoms with Gasteiger partial charge in [-0.05, 0) is 48.3 Å². The van der Waals surface area contributed by atoms with Crippen molar-refractivity contribution < 1.29 is 14.3 Å². The molecule has 3 nitrogen and oxygen atoms in total. The summed E-state index contributed by atoms with van der Waals surface area (Å²) < 4.78 is 10.4. The van der Waals surface area contributed by atoms with Crippen LogP contribution in [0.3, 0.4) is 0 Å². The first-order valence-corrected chi connectivity index (χ1v) is 7.84. The lowest BCUT2D eigenvalue weighted by Crippen LogP contribution is -2.33. The molecule has 0 spiro atoms. The van der Waals surface area contributed by atoms with Gasteiger partial charge in [0.25, 0.3) is 0 Å². The normalized spacial score (nSPS) is 30.9. The molecule has 1 aliphatic carbocycles. The van der Waals surface area contributed by atoms with Crippen molar-refractivity contribution >= 4 is 12.0 Å². The molecule has 2 aliphatic rings. The van der Waals surface area contributed by atoms with Crippen LogP contribution in [0, 0.1) is 23.7 Å². The number of carbonyl (C=O) groups is 1. The van der Waals surface area contributed by atoms with Crippen LogP contribution in [0.1, 0.15) is 18.4 Å². The van der Waals surface area contributed by atoms with Gasteiger partial charge in [-0.25, -0.2) is 0 Å². The zero-order valence-corrected chi connectivity index (χ0v) is 12.9. The molecule has 1 heterocycles. The molecule has 1 aliphatic heterocycles. The maximum absolute atomic E-state index is 12.0. The summed E-state index contributed by atoms with van der Waals surface area (Å²) >= 11 is 0. The number of hydrogen-bond donors (Lipinski definition) is 0. The lowest BCUT2D eigenvalue weighted by molar-refractivity contribution is -0.156. The number of rotatable bonds is 4. The van der Waals surface area contributed by atoms with Gasteiger partial charge in [-0.3, -0.25) is 4.79 Å². The van der Waals surface area contributed by atoms with Crippen molar-refractivity contribution in [1.29, 1.82) is 0 Å². The smallest absolute Gasteiger partial charge is 0.309 e. The lowest BCUT2D eigenvalue weighted by atomic mass is 9.83. The van der Waals surface area contributed by atoms with Crippen molar-refractivity contribution in [3.63, 3.8) is 0 Å². The highest BCUT2D eigenvalue weighted by Gasteiger charge is 2.47. The second-order valence-corrected chi connectivity index (χ2v) is 6.08. The predicted octanol–water partition coefficient (Wildman–Crippen LogP) is 3.71. The van der Waals surface area contributed by atoms with Crippen LogP contribution in [0.5, 0.6) is 5.75 Å². The van der Waals surface area contributed by atoms with Crippen LogP contribution < -0.4 is 4.74 Å². The average Bonchev–Trinajstić information content (AvgIpc) is 2.93. The van der Waals surface area contributed by atoms with E-state index in [9.17, 15) is 4.79 Å². The van der Waals surface area contributed by atoms with E-state index in [-0.39, 0.29) is 17.8 Å². The van der Waals surface area contributed by atoms with Gasteiger partial charge < -0.3 is 9.47 Å². The van der Waals surface area contributed by atoms with Crippen molar-refractivity contribution in [2.45, 2.75) is 12.8 Å². The van der Waals surface area contributed by atoms with Crippen LogP contribution in [0.2, 0.25) is 0 Å². The summed E-state index contributed by atoms with van der Waals surface area (Å²) in [5.74, 6) is 1.86. The van der Waals surface area contributed by atoms with Gasteiger partial charge in [0, 0.05) is 0 Å². The molecule has 1 aromatic rings. The largest absolute Gasteiger partial charge is 0.497 e. The Balaban J connectivity index is 1.75. The molecule has 1 saturated heterocycles. The van der Waals surface area contributed by atoms with Gasteiger partial charge in [0.2, 0.25) is 0 Å². The third-order valence-corrected chi connectivity index (χ3v) is 4.94. The van der Waals surface area contributed by atoms with Crippen molar-refractivity contribution in [2.24, 2.45) is 23.7 Å². The summed E-state index contributed by atoms with van der Waals surface area (Å²) in [4.78, 5) is 12.0. The zero-order chi connectivity index (χ0) is 15.5. The van der Waals surface area contributed by atoms with E-state index in [0.29, 0.717) is 18.4 Å². The van der Waals surface area contributed by atoms with Crippen LogP contribution in [0.4, 0.5) is 0 Å². The van der Waals surface area contributed by atoms with E-state index in [0.717, 1.165) is 24.2 Å².